The van der Waals surface area contributed by atoms with E-state index in [9.17, 15) is 4.79 Å². The van der Waals surface area contributed by atoms with Crippen LogP contribution in [0.4, 0.5) is 0 Å². The SMILES string of the molecule is CCOC(=O)c1c2sc(=N)c(C#N)cc2c2ccccn12. The summed E-state index contributed by atoms with van der Waals surface area (Å²) in [5.41, 5.74) is 1.54. The van der Waals surface area contributed by atoms with Gasteiger partial charge in [0.05, 0.1) is 22.4 Å². The van der Waals surface area contributed by atoms with Gasteiger partial charge in [-0.3, -0.25) is 5.41 Å². The second kappa shape index (κ2) is 5.04. The number of nitriles is 1. The highest BCUT2D eigenvalue weighted by atomic mass is 32.1. The van der Waals surface area contributed by atoms with Gasteiger partial charge < -0.3 is 9.14 Å². The van der Waals surface area contributed by atoms with Crippen LogP contribution in [0, 0.1) is 16.7 Å². The molecular weight excluding hydrogens is 286 g/mol. The van der Waals surface area contributed by atoms with Crippen molar-refractivity contribution in [1.29, 1.82) is 10.7 Å². The van der Waals surface area contributed by atoms with Crippen molar-refractivity contribution in [2.45, 2.75) is 6.92 Å². The number of esters is 1. The van der Waals surface area contributed by atoms with Crippen LogP contribution in [-0.4, -0.2) is 17.0 Å². The highest BCUT2D eigenvalue weighted by molar-refractivity contribution is 7.16. The van der Waals surface area contributed by atoms with Crippen molar-refractivity contribution in [3.05, 3.63) is 46.4 Å². The van der Waals surface area contributed by atoms with Crippen LogP contribution < -0.4 is 4.67 Å². The van der Waals surface area contributed by atoms with Crippen molar-refractivity contribution in [2.75, 3.05) is 6.61 Å². The summed E-state index contributed by atoms with van der Waals surface area (Å²) in [4.78, 5) is 12.2. The molecule has 0 aliphatic heterocycles. The molecule has 0 saturated carbocycles. The smallest absolute Gasteiger partial charge is 0.356 e. The van der Waals surface area contributed by atoms with Gasteiger partial charge in [-0.2, -0.15) is 5.26 Å². The predicted octanol–water partition coefficient (Wildman–Crippen LogP) is 2.68. The predicted molar refractivity (Wildman–Crippen MR) is 79.3 cm³/mol. The monoisotopic (exact) mass is 297 g/mol. The number of carbonyl (C=O) groups excluding carboxylic acids is 1. The Kier molecular flexibility index (Phi) is 3.20. The van der Waals surface area contributed by atoms with Crippen LogP contribution in [0.1, 0.15) is 23.0 Å². The summed E-state index contributed by atoms with van der Waals surface area (Å²) in [6.45, 7) is 2.04. The topological polar surface area (TPSA) is 78.3 Å². The molecule has 21 heavy (non-hydrogen) atoms. The largest absolute Gasteiger partial charge is 0.461 e. The average Bonchev–Trinajstić information content (AvgIpc) is 2.80. The first-order valence-electron chi connectivity index (χ1n) is 6.36. The quantitative estimate of drug-likeness (QED) is 0.739. The van der Waals surface area contributed by atoms with Crippen LogP contribution in [0.3, 0.4) is 0 Å². The first-order valence-corrected chi connectivity index (χ1v) is 7.17. The summed E-state index contributed by atoms with van der Waals surface area (Å²) >= 11 is 1.12. The molecule has 0 spiro atoms. The lowest BCUT2D eigenvalue weighted by Gasteiger charge is -2.02. The van der Waals surface area contributed by atoms with E-state index >= 15 is 0 Å². The Morgan fingerprint density at radius 3 is 3.05 bits per heavy atom. The zero-order valence-electron chi connectivity index (χ0n) is 11.2. The van der Waals surface area contributed by atoms with E-state index in [1.807, 2.05) is 24.3 Å². The second-order valence-electron chi connectivity index (χ2n) is 4.37. The molecule has 0 aliphatic carbocycles. The third kappa shape index (κ3) is 1.99. The van der Waals surface area contributed by atoms with Crippen molar-refractivity contribution in [2.24, 2.45) is 0 Å². The molecule has 3 aromatic heterocycles. The van der Waals surface area contributed by atoms with E-state index in [4.69, 9.17) is 15.4 Å². The van der Waals surface area contributed by atoms with Crippen molar-refractivity contribution in [1.82, 2.24) is 4.40 Å². The molecule has 0 unspecified atom stereocenters. The van der Waals surface area contributed by atoms with Crippen molar-refractivity contribution < 1.29 is 9.53 Å². The van der Waals surface area contributed by atoms with Crippen LogP contribution in [-0.2, 0) is 4.74 Å². The van der Waals surface area contributed by atoms with Gasteiger partial charge in [0.25, 0.3) is 0 Å². The molecule has 5 nitrogen and oxygen atoms in total. The Morgan fingerprint density at radius 1 is 1.52 bits per heavy atom. The molecule has 0 fully saturated rings. The van der Waals surface area contributed by atoms with Gasteiger partial charge >= 0.3 is 5.97 Å². The number of nitrogens with zero attached hydrogens (tertiary/aromatic N) is 2. The number of carbonyl (C=O) groups is 1. The van der Waals surface area contributed by atoms with E-state index in [-0.39, 0.29) is 11.3 Å². The van der Waals surface area contributed by atoms with E-state index in [0.717, 1.165) is 22.2 Å². The van der Waals surface area contributed by atoms with Gasteiger partial charge in [0.2, 0.25) is 0 Å². The highest BCUT2D eigenvalue weighted by Crippen LogP contribution is 2.29. The number of hydrogen-bond donors (Lipinski definition) is 1. The van der Waals surface area contributed by atoms with Gasteiger partial charge in [-0.15, -0.1) is 11.3 Å². The van der Waals surface area contributed by atoms with Gasteiger partial charge in [-0.05, 0) is 25.1 Å². The fourth-order valence-corrected chi connectivity index (χ4v) is 3.26. The standard InChI is InChI=1S/C15H11N3O2S/c1-2-20-15(19)12-13-10(7-9(8-16)14(17)21-13)11-5-3-4-6-18(11)12/h3-7,17H,2H2,1H3. The number of rotatable bonds is 2. The fourth-order valence-electron chi connectivity index (χ4n) is 2.29. The van der Waals surface area contributed by atoms with Gasteiger partial charge in [-0.1, -0.05) is 6.07 Å². The molecule has 0 amide bonds. The number of aromatic nitrogens is 1. The normalized spacial score (nSPS) is 10.7. The van der Waals surface area contributed by atoms with Gasteiger partial charge in [0.15, 0.2) is 0 Å². The molecule has 3 aromatic rings. The minimum atomic E-state index is -0.422. The lowest BCUT2D eigenvalue weighted by Crippen LogP contribution is -2.08. The summed E-state index contributed by atoms with van der Waals surface area (Å²) in [7, 11) is 0. The van der Waals surface area contributed by atoms with Crippen LogP contribution in [0.2, 0.25) is 0 Å². The second-order valence-corrected chi connectivity index (χ2v) is 5.39. The number of ether oxygens (including phenoxy) is 1. The lowest BCUT2D eigenvalue weighted by molar-refractivity contribution is 0.0521. The van der Waals surface area contributed by atoms with Gasteiger partial charge in [-0.25, -0.2) is 4.79 Å². The zero-order chi connectivity index (χ0) is 15.0. The minimum absolute atomic E-state index is 0.145. The molecule has 6 heteroatoms. The first kappa shape index (κ1) is 13.3. The maximum absolute atomic E-state index is 12.2. The molecule has 3 rings (SSSR count). The molecule has 0 bridgehead atoms. The fraction of sp³-hybridized carbons (Fsp3) is 0.133. The molecule has 0 aliphatic rings. The maximum atomic E-state index is 12.2. The Labute approximate surface area is 124 Å². The third-order valence-electron chi connectivity index (χ3n) is 3.16. The zero-order valence-corrected chi connectivity index (χ0v) is 12.0. The minimum Gasteiger partial charge on any atom is -0.461 e. The molecule has 3 heterocycles. The van der Waals surface area contributed by atoms with Crippen LogP contribution >= 0.6 is 11.3 Å². The van der Waals surface area contributed by atoms with E-state index in [2.05, 4.69) is 0 Å². The number of nitrogens with one attached hydrogen (secondary N) is 1. The molecule has 1 N–H and O–H groups in total. The van der Waals surface area contributed by atoms with Crippen LogP contribution in [0.15, 0.2) is 30.5 Å². The van der Waals surface area contributed by atoms with Gasteiger partial charge in [0.1, 0.15) is 16.4 Å². The Balaban J connectivity index is 2.49. The van der Waals surface area contributed by atoms with E-state index in [1.54, 1.807) is 23.6 Å². The van der Waals surface area contributed by atoms with Crippen molar-refractivity contribution >= 4 is 32.9 Å². The summed E-state index contributed by atoms with van der Waals surface area (Å²) in [6, 6.07) is 9.25. The summed E-state index contributed by atoms with van der Waals surface area (Å²) in [6.07, 6.45) is 1.78. The summed E-state index contributed by atoms with van der Waals surface area (Å²) in [5.74, 6) is -0.422. The first-order chi connectivity index (χ1) is 10.2. The molecule has 0 aromatic carbocycles. The molecule has 0 atom stereocenters. The van der Waals surface area contributed by atoms with Crippen molar-refractivity contribution in [3.63, 3.8) is 0 Å². The molecule has 0 radical (unpaired) electrons. The molecule has 104 valence electrons. The third-order valence-corrected chi connectivity index (χ3v) is 4.20. The van der Waals surface area contributed by atoms with E-state index < -0.39 is 5.97 Å². The number of fused-ring (bicyclic) bond motifs is 3. The highest BCUT2D eigenvalue weighted by Gasteiger charge is 2.20. The number of hydrogen-bond acceptors (Lipinski definition) is 5. The van der Waals surface area contributed by atoms with Gasteiger partial charge in [0, 0.05) is 11.6 Å². The van der Waals surface area contributed by atoms with E-state index in [0.29, 0.717) is 16.0 Å². The molecular formula is C15H11N3O2S. The Hall–Kier alpha value is -2.65. The lowest BCUT2D eigenvalue weighted by atomic mass is 10.2. The van der Waals surface area contributed by atoms with Crippen LogP contribution in [0.5, 0.6) is 0 Å². The average molecular weight is 297 g/mol. The van der Waals surface area contributed by atoms with Crippen LogP contribution in [0.25, 0.3) is 15.6 Å². The summed E-state index contributed by atoms with van der Waals surface area (Å²) < 4.78 is 7.68. The maximum Gasteiger partial charge on any atom is 0.356 e. The number of pyridine rings is 1. The Bertz CT molecular complexity index is 963. The van der Waals surface area contributed by atoms with Crippen molar-refractivity contribution in [3.8, 4) is 6.07 Å². The van der Waals surface area contributed by atoms with E-state index in [1.165, 1.54) is 0 Å². The Morgan fingerprint density at radius 2 is 2.33 bits per heavy atom. The summed E-state index contributed by atoms with van der Waals surface area (Å²) in [5, 5.41) is 17.8. The molecule has 0 saturated heterocycles.